The summed E-state index contributed by atoms with van der Waals surface area (Å²) in [6.45, 7) is 5.44. The highest BCUT2D eigenvalue weighted by atomic mass is 16.5. The van der Waals surface area contributed by atoms with E-state index in [1.54, 1.807) is 11.8 Å². The van der Waals surface area contributed by atoms with Gasteiger partial charge in [0.15, 0.2) is 5.82 Å². The van der Waals surface area contributed by atoms with Gasteiger partial charge in [0.05, 0.1) is 7.11 Å². The Morgan fingerprint density at radius 3 is 3.06 bits per heavy atom. The molecule has 1 aliphatic heterocycles. The summed E-state index contributed by atoms with van der Waals surface area (Å²) in [5.41, 5.74) is 0. The van der Waals surface area contributed by atoms with Crippen molar-refractivity contribution in [1.82, 2.24) is 15.1 Å². The first kappa shape index (κ1) is 13.2. The largest absolute Gasteiger partial charge is 0.481 e. The lowest BCUT2D eigenvalue weighted by atomic mass is 10.1. The van der Waals surface area contributed by atoms with Crippen LogP contribution in [0.3, 0.4) is 0 Å². The Labute approximate surface area is 109 Å². The number of hydrogen-bond acceptors (Lipinski definition) is 4. The fourth-order valence-corrected chi connectivity index (χ4v) is 2.48. The van der Waals surface area contributed by atoms with E-state index in [2.05, 4.69) is 22.2 Å². The van der Waals surface area contributed by atoms with Gasteiger partial charge in [0.2, 0.25) is 5.88 Å². The van der Waals surface area contributed by atoms with Gasteiger partial charge in [-0.15, -0.1) is 0 Å². The van der Waals surface area contributed by atoms with Crippen LogP contribution in [-0.4, -0.2) is 42.6 Å². The van der Waals surface area contributed by atoms with Gasteiger partial charge in [-0.1, -0.05) is 6.92 Å². The summed E-state index contributed by atoms with van der Waals surface area (Å²) in [6, 6.07) is 2.61. The second-order valence-corrected chi connectivity index (χ2v) is 4.91. The van der Waals surface area contributed by atoms with Crippen LogP contribution in [-0.2, 0) is 7.05 Å². The highest BCUT2D eigenvalue weighted by Crippen LogP contribution is 2.22. The van der Waals surface area contributed by atoms with E-state index in [4.69, 9.17) is 4.74 Å². The van der Waals surface area contributed by atoms with E-state index in [1.165, 1.54) is 19.3 Å². The van der Waals surface area contributed by atoms with Crippen LogP contribution in [0.4, 0.5) is 5.82 Å². The molecule has 1 aliphatic rings. The fourth-order valence-electron chi connectivity index (χ4n) is 2.48. The van der Waals surface area contributed by atoms with Gasteiger partial charge in [-0.25, -0.2) is 4.68 Å². The zero-order chi connectivity index (χ0) is 13.0. The smallest absolute Gasteiger partial charge is 0.213 e. The second kappa shape index (κ2) is 6.09. The van der Waals surface area contributed by atoms with Crippen molar-refractivity contribution in [2.45, 2.75) is 32.2 Å². The van der Waals surface area contributed by atoms with Crippen molar-refractivity contribution in [2.75, 3.05) is 31.6 Å². The molecule has 2 rings (SSSR count). The summed E-state index contributed by atoms with van der Waals surface area (Å²) in [4.78, 5) is 2.35. The molecule has 2 heterocycles. The van der Waals surface area contributed by atoms with Crippen LogP contribution >= 0.6 is 0 Å². The molecule has 5 heteroatoms. The number of nitrogens with one attached hydrogen (secondary N) is 1. The molecule has 0 bridgehead atoms. The number of anilines is 1. The van der Waals surface area contributed by atoms with E-state index in [1.807, 2.05) is 13.1 Å². The Morgan fingerprint density at radius 1 is 1.56 bits per heavy atom. The normalized spacial score (nSPS) is 20.2. The first-order chi connectivity index (χ1) is 8.74. The van der Waals surface area contributed by atoms with Crippen molar-refractivity contribution in [3.63, 3.8) is 0 Å². The van der Waals surface area contributed by atoms with Crippen LogP contribution in [0, 0.1) is 0 Å². The van der Waals surface area contributed by atoms with Gasteiger partial charge in [-0.2, -0.15) is 5.10 Å². The highest BCUT2D eigenvalue weighted by Gasteiger charge is 2.21. The van der Waals surface area contributed by atoms with E-state index in [-0.39, 0.29) is 0 Å². The molecule has 0 aromatic carbocycles. The molecule has 0 spiro atoms. The molecular formula is C13H24N4O. The third-order valence-electron chi connectivity index (χ3n) is 3.46. The number of aryl methyl sites for hydroxylation is 1. The van der Waals surface area contributed by atoms with Gasteiger partial charge in [0.1, 0.15) is 0 Å². The summed E-state index contributed by atoms with van der Waals surface area (Å²) >= 11 is 0. The molecule has 1 unspecified atom stereocenters. The minimum absolute atomic E-state index is 0.590. The van der Waals surface area contributed by atoms with Crippen LogP contribution in [0.25, 0.3) is 0 Å². The molecule has 0 radical (unpaired) electrons. The van der Waals surface area contributed by atoms with Crippen LogP contribution in [0.2, 0.25) is 0 Å². The number of aromatic nitrogens is 2. The molecule has 1 saturated heterocycles. The van der Waals surface area contributed by atoms with Gasteiger partial charge in [-0.05, 0) is 25.8 Å². The standard InChI is InChI=1S/C13H24N4O/c1-4-7-14-11-6-5-8-17(10-11)12-9-13(18-3)16(2)15-12/h9,11,14H,4-8,10H2,1-3H3. The van der Waals surface area contributed by atoms with Gasteiger partial charge >= 0.3 is 0 Å². The third-order valence-corrected chi connectivity index (χ3v) is 3.46. The molecule has 1 fully saturated rings. The second-order valence-electron chi connectivity index (χ2n) is 4.91. The SMILES string of the molecule is CCCNC1CCCN(c2cc(OC)n(C)n2)C1. The number of hydrogen-bond donors (Lipinski definition) is 1. The zero-order valence-corrected chi connectivity index (χ0v) is 11.6. The van der Waals surface area contributed by atoms with Crippen LogP contribution < -0.4 is 15.0 Å². The molecule has 1 N–H and O–H groups in total. The Bertz CT molecular complexity index is 377. The van der Waals surface area contributed by atoms with E-state index in [0.29, 0.717) is 6.04 Å². The summed E-state index contributed by atoms with van der Waals surface area (Å²) < 4.78 is 7.06. The maximum atomic E-state index is 5.27. The first-order valence-corrected chi connectivity index (χ1v) is 6.81. The summed E-state index contributed by atoms with van der Waals surface area (Å²) in [6.07, 6.45) is 3.68. The maximum Gasteiger partial charge on any atom is 0.213 e. The maximum absolute atomic E-state index is 5.27. The summed E-state index contributed by atoms with van der Waals surface area (Å²) in [7, 11) is 3.60. The van der Waals surface area contributed by atoms with Gasteiger partial charge in [0, 0.05) is 32.2 Å². The van der Waals surface area contributed by atoms with Gasteiger partial charge < -0.3 is 15.0 Å². The predicted octanol–water partition coefficient (Wildman–Crippen LogP) is 1.40. The average molecular weight is 252 g/mol. The highest BCUT2D eigenvalue weighted by molar-refractivity contribution is 5.42. The van der Waals surface area contributed by atoms with E-state index >= 15 is 0 Å². The molecule has 5 nitrogen and oxygen atoms in total. The fraction of sp³-hybridized carbons (Fsp3) is 0.769. The summed E-state index contributed by atoms with van der Waals surface area (Å²) in [5, 5.41) is 8.11. The molecule has 1 aromatic heterocycles. The number of ether oxygens (including phenoxy) is 1. The van der Waals surface area contributed by atoms with E-state index < -0.39 is 0 Å². The van der Waals surface area contributed by atoms with Crippen molar-refractivity contribution in [1.29, 1.82) is 0 Å². The summed E-state index contributed by atoms with van der Waals surface area (Å²) in [5.74, 6) is 1.84. The van der Waals surface area contributed by atoms with Gasteiger partial charge in [0.25, 0.3) is 0 Å². The lowest BCUT2D eigenvalue weighted by molar-refractivity contribution is 0.373. The average Bonchev–Trinajstić information content (AvgIpc) is 2.78. The minimum atomic E-state index is 0.590. The number of piperidine rings is 1. The number of nitrogens with zero attached hydrogens (tertiary/aromatic N) is 3. The van der Waals surface area contributed by atoms with Crippen molar-refractivity contribution in [3.8, 4) is 5.88 Å². The molecule has 0 aliphatic carbocycles. The molecule has 1 aromatic rings. The Hall–Kier alpha value is -1.23. The molecular weight excluding hydrogens is 228 g/mol. The van der Waals surface area contributed by atoms with Crippen LogP contribution in [0.15, 0.2) is 6.07 Å². The quantitative estimate of drug-likeness (QED) is 0.860. The number of rotatable bonds is 5. The molecule has 102 valence electrons. The van der Waals surface area contributed by atoms with Crippen molar-refractivity contribution < 1.29 is 4.74 Å². The Kier molecular flexibility index (Phi) is 4.47. The molecule has 0 amide bonds. The van der Waals surface area contributed by atoms with E-state index in [0.717, 1.165) is 31.3 Å². The monoisotopic (exact) mass is 252 g/mol. The lowest BCUT2D eigenvalue weighted by Gasteiger charge is -2.33. The van der Waals surface area contributed by atoms with Crippen molar-refractivity contribution in [3.05, 3.63) is 6.07 Å². The third kappa shape index (κ3) is 2.96. The predicted molar refractivity (Wildman–Crippen MR) is 73.3 cm³/mol. The Balaban J connectivity index is 1.99. The van der Waals surface area contributed by atoms with Gasteiger partial charge in [-0.3, -0.25) is 0 Å². The topological polar surface area (TPSA) is 42.3 Å². The molecule has 0 saturated carbocycles. The zero-order valence-electron chi connectivity index (χ0n) is 11.6. The van der Waals surface area contributed by atoms with Crippen LogP contribution in [0.1, 0.15) is 26.2 Å². The van der Waals surface area contributed by atoms with Crippen molar-refractivity contribution in [2.24, 2.45) is 7.05 Å². The van der Waals surface area contributed by atoms with E-state index in [9.17, 15) is 0 Å². The first-order valence-electron chi connectivity index (χ1n) is 6.81. The minimum Gasteiger partial charge on any atom is -0.481 e. The van der Waals surface area contributed by atoms with Crippen molar-refractivity contribution >= 4 is 5.82 Å². The lowest BCUT2D eigenvalue weighted by Crippen LogP contribution is -2.46. The van der Waals surface area contributed by atoms with Crippen LogP contribution in [0.5, 0.6) is 5.88 Å². The molecule has 1 atom stereocenters. The molecule has 18 heavy (non-hydrogen) atoms. The Morgan fingerprint density at radius 2 is 2.39 bits per heavy atom. The number of methoxy groups -OCH3 is 1.